The van der Waals surface area contributed by atoms with Crippen LogP contribution in [-0.2, 0) is 17.8 Å². The molecule has 1 atom stereocenters. The van der Waals surface area contributed by atoms with E-state index in [1.165, 1.54) is 26.6 Å². The van der Waals surface area contributed by atoms with Gasteiger partial charge in [0.15, 0.2) is 0 Å². The highest BCUT2D eigenvalue weighted by molar-refractivity contribution is 7.12. The van der Waals surface area contributed by atoms with Crippen LogP contribution in [0.3, 0.4) is 0 Å². The summed E-state index contributed by atoms with van der Waals surface area (Å²) < 4.78 is 0. The summed E-state index contributed by atoms with van der Waals surface area (Å²) in [5.74, 6) is 0.647. The van der Waals surface area contributed by atoms with E-state index in [9.17, 15) is 4.79 Å². The molecule has 2 aromatic carbocycles. The highest BCUT2D eigenvalue weighted by atomic mass is 32.1. The lowest BCUT2D eigenvalue weighted by Gasteiger charge is -2.30. The molecule has 168 valence electrons. The quantitative estimate of drug-likeness (QED) is 0.411. The highest BCUT2D eigenvalue weighted by Gasteiger charge is 2.32. The Balaban J connectivity index is 1.67. The summed E-state index contributed by atoms with van der Waals surface area (Å²) in [6, 6.07) is 19.3. The number of fused-ring (bicyclic) bond motifs is 1. The van der Waals surface area contributed by atoms with E-state index in [0.717, 1.165) is 30.5 Å². The molecule has 4 rings (SSSR count). The SMILES string of the molecule is Cc1cc2c(s1)CCCC2C(=O)N(Cc1ccc(N(C)C)cc1)c1ccc(C(C)C)cc1. The molecule has 1 aliphatic carbocycles. The first-order chi connectivity index (χ1) is 15.3. The topological polar surface area (TPSA) is 23.6 Å². The molecular formula is C28H34N2OS. The first-order valence-electron chi connectivity index (χ1n) is 11.6. The number of hydrogen-bond acceptors (Lipinski definition) is 3. The van der Waals surface area contributed by atoms with Crippen LogP contribution in [0, 0.1) is 6.92 Å². The predicted octanol–water partition coefficient (Wildman–Crippen LogP) is 6.90. The van der Waals surface area contributed by atoms with Crippen LogP contribution in [0.25, 0.3) is 0 Å². The minimum absolute atomic E-state index is 0.0467. The summed E-state index contributed by atoms with van der Waals surface area (Å²) in [5.41, 5.74) is 5.85. The molecule has 1 heterocycles. The molecule has 0 saturated carbocycles. The Morgan fingerprint density at radius 2 is 1.69 bits per heavy atom. The van der Waals surface area contributed by atoms with E-state index in [4.69, 9.17) is 0 Å². The Morgan fingerprint density at radius 1 is 1.03 bits per heavy atom. The number of thiophene rings is 1. The van der Waals surface area contributed by atoms with E-state index in [0.29, 0.717) is 12.5 Å². The summed E-state index contributed by atoms with van der Waals surface area (Å²) >= 11 is 1.86. The van der Waals surface area contributed by atoms with Gasteiger partial charge < -0.3 is 9.80 Å². The monoisotopic (exact) mass is 446 g/mol. The number of anilines is 2. The van der Waals surface area contributed by atoms with Gasteiger partial charge in [-0.05, 0) is 79.1 Å². The third kappa shape index (κ3) is 4.75. The van der Waals surface area contributed by atoms with Crippen molar-refractivity contribution in [2.24, 2.45) is 0 Å². The number of carbonyl (C=O) groups is 1. The molecule has 4 heteroatoms. The standard InChI is InChI=1S/C28H34N2OS/c1-19(2)22-11-15-24(16-12-22)30(18-21-9-13-23(14-10-21)29(4)5)28(31)25-7-6-8-27-26(25)17-20(3)32-27/h9-17,19,25H,6-8,18H2,1-5H3. The van der Waals surface area contributed by atoms with Crippen molar-refractivity contribution in [1.29, 1.82) is 0 Å². The molecule has 1 aromatic heterocycles. The van der Waals surface area contributed by atoms with Gasteiger partial charge in [0, 0.05) is 35.2 Å². The maximum Gasteiger partial charge on any atom is 0.234 e. The van der Waals surface area contributed by atoms with Crippen molar-refractivity contribution in [2.75, 3.05) is 23.9 Å². The Labute approximate surface area is 196 Å². The van der Waals surface area contributed by atoms with Crippen molar-refractivity contribution >= 4 is 28.6 Å². The second-order valence-corrected chi connectivity index (χ2v) is 10.8. The number of hydrogen-bond donors (Lipinski definition) is 0. The molecule has 0 radical (unpaired) electrons. The van der Waals surface area contributed by atoms with E-state index in [2.05, 4.69) is 80.3 Å². The van der Waals surface area contributed by atoms with E-state index >= 15 is 0 Å². The molecule has 3 aromatic rings. The van der Waals surface area contributed by atoms with Crippen LogP contribution in [0.4, 0.5) is 11.4 Å². The third-order valence-corrected chi connectivity index (χ3v) is 7.59. The molecule has 0 bridgehead atoms. The maximum absolute atomic E-state index is 14.0. The van der Waals surface area contributed by atoms with Crippen LogP contribution in [0.1, 0.15) is 65.0 Å². The molecular weight excluding hydrogens is 412 g/mol. The Morgan fingerprint density at radius 3 is 2.31 bits per heavy atom. The van der Waals surface area contributed by atoms with Crippen molar-refractivity contribution in [3.63, 3.8) is 0 Å². The zero-order valence-electron chi connectivity index (χ0n) is 19.9. The lowest BCUT2D eigenvalue weighted by atomic mass is 9.86. The molecule has 0 fully saturated rings. The second kappa shape index (κ2) is 9.50. The van der Waals surface area contributed by atoms with Crippen molar-refractivity contribution in [3.8, 4) is 0 Å². The van der Waals surface area contributed by atoms with E-state index in [1.807, 2.05) is 30.3 Å². The number of amides is 1. The molecule has 3 nitrogen and oxygen atoms in total. The van der Waals surface area contributed by atoms with Crippen LogP contribution in [0.5, 0.6) is 0 Å². The van der Waals surface area contributed by atoms with Crippen molar-refractivity contribution in [1.82, 2.24) is 0 Å². The van der Waals surface area contributed by atoms with Crippen molar-refractivity contribution < 1.29 is 4.79 Å². The first-order valence-corrected chi connectivity index (χ1v) is 12.4. The van der Waals surface area contributed by atoms with Gasteiger partial charge in [0.25, 0.3) is 0 Å². The average Bonchev–Trinajstić information content (AvgIpc) is 3.17. The molecule has 0 saturated heterocycles. The molecule has 32 heavy (non-hydrogen) atoms. The van der Waals surface area contributed by atoms with Crippen LogP contribution < -0.4 is 9.80 Å². The fourth-order valence-electron chi connectivity index (χ4n) is 4.56. The molecule has 0 N–H and O–H groups in total. The molecule has 0 spiro atoms. The fourth-order valence-corrected chi connectivity index (χ4v) is 5.70. The fraction of sp³-hybridized carbons (Fsp3) is 0.393. The molecule has 1 amide bonds. The second-order valence-electron chi connectivity index (χ2n) is 9.41. The van der Waals surface area contributed by atoms with E-state index in [-0.39, 0.29) is 11.8 Å². The minimum Gasteiger partial charge on any atom is -0.378 e. The van der Waals surface area contributed by atoms with Crippen LogP contribution >= 0.6 is 11.3 Å². The normalized spacial score (nSPS) is 15.5. The number of aryl methyl sites for hydroxylation is 2. The van der Waals surface area contributed by atoms with Gasteiger partial charge in [0.05, 0.1) is 12.5 Å². The van der Waals surface area contributed by atoms with Gasteiger partial charge in [0.1, 0.15) is 0 Å². The average molecular weight is 447 g/mol. The van der Waals surface area contributed by atoms with Gasteiger partial charge in [-0.25, -0.2) is 0 Å². The highest BCUT2D eigenvalue weighted by Crippen LogP contribution is 2.39. The van der Waals surface area contributed by atoms with Crippen LogP contribution in [-0.4, -0.2) is 20.0 Å². The summed E-state index contributed by atoms with van der Waals surface area (Å²) in [6.07, 6.45) is 3.12. The Kier molecular flexibility index (Phi) is 6.71. The summed E-state index contributed by atoms with van der Waals surface area (Å²) in [4.78, 5) is 20.8. The van der Waals surface area contributed by atoms with Gasteiger partial charge in [0.2, 0.25) is 5.91 Å². The Hall–Kier alpha value is -2.59. The summed E-state index contributed by atoms with van der Waals surface area (Å²) in [6.45, 7) is 7.14. The lowest BCUT2D eigenvalue weighted by molar-refractivity contribution is -0.120. The smallest absolute Gasteiger partial charge is 0.234 e. The first kappa shape index (κ1) is 22.6. The summed E-state index contributed by atoms with van der Waals surface area (Å²) in [7, 11) is 4.09. The predicted molar refractivity (Wildman–Crippen MR) is 137 cm³/mol. The minimum atomic E-state index is -0.0467. The van der Waals surface area contributed by atoms with Gasteiger partial charge >= 0.3 is 0 Å². The zero-order valence-corrected chi connectivity index (χ0v) is 20.7. The van der Waals surface area contributed by atoms with Gasteiger partial charge in [-0.15, -0.1) is 11.3 Å². The van der Waals surface area contributed by atoms with Gasteiger partial charge in [-0.3, -0.25) is 4.79 Å². The van der Waals surface area contributed by atoms with E-state index in [1.54, 1.807) is 0 Å². The van der Waals surface area contributed by atoms with Crippen molar-refractivity contribution in [2.45, 2.75) is 58.4 Å². The van der Waals surface area contributed by atoms with Crippen LogP contribution in [0.15, 0.2) is 54.6 Å². The molecule has 0 aliphatic heterocycles. The number of carbonyl (C=O) groups excluding carboxylic acids is 1. The Bertz CT molecular complexity index is 1060. The van der Waals surface area contributed by atoms with Gasteiger partial charge in [-0.2, -0.15) is 0 Å². The van der Waals surface area contributed by atoms with Gasteiger partial charge in [-0.1, -0.05) is 38.1 Å². The van der Waals surface area contributed by atoms with Crippen LogP contribution in [0.2, 0.25) is 0 Å². The summed E-state index contributed by atoms with van der Waals surface area (Å²) in [5, 5.41) is 0. The van der Waals surface area contributed by atoms with E-state index < -0.39 is 0 Å². The molecule has 1 unspecified atom stereocenters. The number of nitrogens with zero attached hydrogens (tertiary/aromatic N) is 2. The maximum atomic E-state index is 14.0. The third-order valence-electron chi connectivity index (χ3n) is 6.47. The lowest BCUT2D eigenvalue weighted by Crippen LogP contribution is -2.36. The molecule has 1 aliphatic rings. The number of benzene rings is 2. The zero-order chi connectivity index (χ0) is 22.8. The largest absolute Gasteiger partial charge is 0.378 e. The van der Waals surface area contributed by atoms with Crippen molar-refractivity contribution in [3.05, 3.63) is 81.0 Å². The number of rotatable bonds is 6.